The van der Waals surface area contributed by atoms with Gasteiger partial charge in [-0.3, -0.25) is 0 Å². The third-order valence-corrected chi connectivity index (χ3v) is 2.21. The molecule has 1 aromatic rings. The summed E-state index contributed by atoms with van der Waals surface area (Å²) in [5.41, 5.74) is -1.02. The maximum atomic E-state index is 12.7. The van der Waals surface area contributed by atoms with Crippen LogP contribution in [0.1, 0.15) is 5.56 Å². The molecule has 96 valence electrons. The Hall–Kier alpha value is -1.75. The highest BCUT2D eigenvalue weighted by atomic mass is 35.5. The molecule has 1 aromatic carbocycles. The minimum Gasteiger partial charge on any atom is -0.478 e. The normalized spacial score (nSPS) is 13.0. The van der Waals surface area contributed by atoms with Gasteiger partial charge < -0.3 is 5.11 Å². The van der Waals surface area contributed by atoms with Gasteiger partial charge in [0.25, 0.3) is 0 Å². The standard InChI is InChI=1S/C12H8ClF3O2/c13-9-6-4-8(5-7-9)10(12(14,15)16)2-1-3-11(17)18/h1-7H,(H,17,18). The Morgan fingerprint density at radius 3 is 2.22 bits per heavy atom. The SMILES string of the molecule is O=C(O)C=CC=C(c1ccc(Cl)cc1)C(F)(F)F. The predicted octanol–water partition coefficient (Wildman–Crippen LogP) is 3.93. The van der Waals surface area contributed by atoms with E-state index in [0.29, 0.717) is 17.2 Å². The fraction of sp³-hybridized carbons (Fsp3) is 0.0833. The number of alkyl halides is 3. The lowest BCUT2D eigenvalue weighted by Crippen LogP contribution is -2.10. The molecule has 0 aliphatic heterocycles. The molecule has 0 aliphatic rings. The van der Waals surface area contributed by atoms with E-state index in [9.17, 15) is 18.0 Å². The van der Waals surface area contributed by atoms with E-state index >= 15 is 0 Å². The molecule has 0 amide bonds. The second kappa shape index (κ2) is 5.73. The maximum Gasteiger partial charge on any atom is 0.416 e. The Kier molecular flexibility index (Phi) is 4.55. The van der Waals surface area contributed by atoms with Crippen LogP contribution in [-0.2, 0) is 4.79 Å². The third kappa shape index (κ3) is 4.25. The first kappa shape index (κ1) is 14.3. The van der Waals surface area contributed by atoms with Crippen molar-refractivity contribution in [2.75, 3.05) is 0 Å². The van der Waals surface area contributed by atoms with Crippen LogP contribution in [0.2, 0.25) is 5.02 Å². The summed E-state index contributed by atoms with van der Waals surface area (Å²) >= 11 is 5.58. The zero-order valence-corrected chi connectivity index (χ0v) is 9.66. The number of hydrogen-bond donors (Lipinski definition) is 1. The van der Waals surface area contributed by atoms with Gasteiger partial charge in [0.05, 0.1) is 5.57 Å². The van der Waals surface area contributed by atoms with Gasteiger partial charge in [-0.25, -0.2) is 4.79 Å². The number of carboxylic acid groups (broad SMARTS) is 1. The summed E-state index contributed by atoms with van der Waals surface area (Å²) in [4.78, 5) is 10.2. The first-order chi connectivity index (χ1) is 8.30. The molecule has 0 aliphatic carbocycles. The molecule has 0 saturated heterocycles. The van der Waals surface area contributed by atoms with Crippen molar-refractivity contribution in [2.24, 2.45) is 0 Å². The summed E-state index contributed by atoms with van der Waals surface area (Å²) in [5, 5.41) is 8.64. The van der Waals surface area contributed by atoms with Crippen LogP contribution < -0.4 is 0 Å². The summed E-state index contributed by atoms with van der Waals surface area (Å²) in [6.45, 7) is 0. The predicted molar refractivity (Wildman–Crippen MR) is 62.3 cm³/mol. The molecule has 6 heteroatoms. The molecule has 1 rings (SSSR count). The summed E-state index contributed by atoms with van der Waals surface area (Å²) in [5.74, 6) is -1.32. The second-order valence-corrected chi connectivity index (χ2v) is 3.72. The monoisotopic (exact) mass is 276 g/mol. The highest BCUT2D eigenvalue weighted by Crippen LogP contribution is 2.34. The summed E-state index contributed by atoms with van der Waals surface area (Å²) < 4.78 is 38.2. The lowest BCUT2D eigenvalue weighted by Gasteiger charge is -2.11. The first-order valence-electron chi connectivity index (χ1n) is 4.75. The minimum atomic E-state index is -4.57. The average Bonchev–Trinajstić information content (AvgIpc) is 2.24. The topological polar surface area (TPSA) is 37.3 Å². The molecule has 0 spiro atoms. The molecule has 0 fully saturated rings. The second-order valence-electron chi connectivity index (χ2n) is 3.28. The Labute approximate surface area is 106 Å². The maximum absolute atomic E-state index is 12.7. The van der Waals surface area contributed by atoms with E-state index in [2.05, 4.69) is 0 Å². The van der Waals surface area contributed by atoms with Crippen molar-refractivity contribution < 1.29 is 23.1 Å². The van der Waals surface area contributed by atoms with Crippen LogP contribution in [0.5, 0.6) is 0 Å². The van der Waals surface area contributed by atoms with Gasteiger partial charge in [0.1, 0.15) is 0 Å². The summed E-state index contributed by atoms with van der Waals surface area (Å²) in [7, 11) is 0. The Bertz CT molecular complexity index is 487. The van der Waals surface area contributed by atoms with E-state index in [0.717, 1.165) is 6.08 Å². The molecule has 18 heavy (non-hydrogen) atoms. The third-order valence-electron chi connectivity index (χ3n) is 1.96. The molecule has 0 bridgehead atoms. The molecular weight excluding hydrogens is 269 g/mol. The Morgan fingerprint density at radius 1 is 1.22 bits per heavy atom. The number of benzene rings is 1. The number of hydrogen-bond acceptors (Lipinski definition) is 1. The average molecular weight is 277 g/mol. The van der Waals surface area contributed by atoms with Crippen molar-refractivity contribution in [3.05, 3.63) is 53.1 Å². The van der Waals surface area contributed by atoms with Crippen molar-refractivity contribution >= 4 is 23.1 Å². The van der Waals surface area contributed by atoms with Crippen LogP contribution in [0, 0.1) is 0 Å². The van der Waals surface area contributed by atoms with Gasteiger partial charge in [0.15, 0.2) is 0 Å². The number of aliphatic carboxylic acids is 1. The van der Waals surface area contributed by atoms with Crippen molar-refractivity contribution in [1.29, 1.82) is 0 Å². The number of halogens is 4. The van der Waals surface area contributed by atoms with Gasteiger partial charge in [0, 0.05) is 11.1 Å². The fourth-order valence-electron chi connectivity index (χ4n) is 1.21. The molecule has 0 radical (unpaired) electrons. The van der Waals surface area contributed by atoms with Crippen molar-refractivity contribution in [3.8, 4) is 0 Å². The molecule has 0 aromatic heterocycles. The smallest absolute Gasteiger partial charge is 0.416 e. The molecule has 2 nitrogen and oxygen atoms in total. The van der Waals surface area contributed by atoms with Crippen molar-refractivity contribution in [2.45, 2.75) is 6.18 Å². The number of allylic oxidation sites excluding steroid dienone is 3. The summed E-state index contributed by atoms with van der Waals surface area (Å²) in [6.07, 6.45) is -2.41. The Morgan fingerprint density at radius 2 is 1.78 bits per heavy atom. The van der Waals surface area contributed by atoms with E-state index in [1.54, 1.807) is 0 Å². The molecular formula is C12H8ClF3O2. The minimum absolute atomic E-state index is 0.0815. The molecule has 0 heterocycles. The van der Waals surface area contributed by atoms with Gasteiger partial charge in [-0.15, -0.1) is 0 Å². The Balaban J connectivity index is 3.14. The van der Waals surface area contributed by atoms with E-state index < -0.39 is 17.7 Å². The van der Waals surface area contributed by atoms with Gasteiger partial charge in [-0.05, 0) is 23.8 Å². The highest BCUT2D eigenvalue weighted by Gasteiger charge is 2.34. The van der Waals surface area contributed by atoms with Crippen LogP contribution >= 0.6 is 11.6 Å². The van der Waals surface area contributed by atoms with E-state index in [1.807, 2.05) is 0 Å². The molecule has 1 N–H and O–H groups in total. The van der Waals surface area contributed by atoms with Gasteiger partial charge in [-0.2, -0.15) is 13.2 Å². The van der Waals surface area contributed by atoms with Crippen LogP contribution in [-0.4, -0.2) is 17.3 Å². The van der Waals surface area contributed by atoms with E-state index in [4.69, 9.17) is 16.7 Å². The number of carbonyl (C=O) groups is 1. The molecule has 0 saturated carbocycles. The van der Waals surface area contributed by atoms with Crippen LogP contribution in [0.3, 0.4) is 0 Å². The van der Waals surface area contributed by atoms with Gasteiger partial charge >= 0.3 is 12.1 Å². The zero-order chi connectivity index (χ0) is 13.8. The zero-order valence-electron chi connectivity index (χ0n) is 8.91. The van der Waals surface area contributed by atoms with Crippen molar-refractivity contribution in [3.63, 3.8) is 0 Å². The van der Waals surface area contributed by atoms with Gasteiger partial charge in [-0.1, -0.05) is 29.8 Å². The van der Waals surface area contributed by atoms with Crippen LogP contribution in [0.15, 0.2) is 42.5 Å². The van der Waals surface area contributed by atoms with Crippen LogP contribution in [0.4, 0.5) is 13.2 Å². The number of carboxylic acids is 1. The fourth-order valence-corrected chi connectivity index (χ4v) is 1.34. The largest absolute Gasteiger partial charge is 0.478 e. The quantitative estimate of drug-likeness (QED) is 0.671. The first-order valence-corrected chi connectivity index (χ1v) is 5.13. The van der Waals surface area contributed by atoms with Crippen LogP contribution in [0.25, 0.3) is 5.57 Å². The lowest BCUT2D eigenvalue weighted by molar-refractivity contribution is -0.131. The highest BCUT2D eigenvalue weighted by molar-refractivity contribution is 6.30. The molecule has 0 unspecified atom stereocenters. The van der Waals surface area contributed by atoms with E-state index in [1.165, 1.54) is 24.3 Å². The van der Waals surface area contributed by atoms with Gasteiger partial charge in [0.2, 0.25) is 0 Å². The lowest BCUT2D eigenvalue weighted by atomic mass is 10.1. The summed E-state index contributed by atoms with van der Waals surface area (Å²) in [6, 6.07) is 5.10. The molecule has 0 atom stereocenters. The number of rotatable bonds is 3. The van der Waals surface area contributed by atoms with Crippen molar-refractivity contribution in [1.82, 2.24) is 0 Å². The van der Waals surface area contributed by atoms with E-state index in [-0.39, 0.29) is 5.56 Å².